The third-order valence-corrected chi connectivity index (χ3v) is 4.44. The van der Waals surface area contributed by atoms with Crippen LogP contribution in [0.4, 0.5) is 0 Å². The molecule has 5 heteroatoms. The lowest BCUT2D eigenvalue weighted by molar-refractivity contribution is -0.145. The average Bonchev–Trinajstić information content (AvgIpc) is 2.60. The molecule has 24 heavy (non-hydrogen) atoms. The van der Waals surface area contributed by atoms with E-state index in [0.717, 1.165) is 16.8 Å². The fourth-order valence-corrected chi connectivity index (χ4v) is 3.14. The van der Waals surface area contributed by atoms with E-state index in [0.29, 0.717) is 19.5 Å². The molecule has 2 heterocycles. The van der Waals surface area contributed by atoms with Crippen molar-refractivity contribution in [2.24, 2.45) is 0 Å². The van der Waals surface area contributed by atoms with E-state index in [2.05, 4.69) is 4.98 Å². The molecular weight excluding hydrogens is 302 g/mol. The Kier molecular flexibility index (Phi) is 4.60. The Morgan fingerprint density at radius 3 is 2.54 bits per heavy atom. The van der Waals surface area contributed by atoms with Crippen molar-refractivity contribution in [1.29, 1.82) is 0 Å². The van der Waals surface area contributed by atoms with Crippen molar-refractivity contribution < 1.29 is 9.59 Å². The minimum absolute atomic E-state index is 0.0506. The molecule has 0 aliphatic carbocycles. The summed E-state index contributed by atoms with van der Waals surface area (Å²) in [7, 11) is 1.76. The number of pyridine rings is 1. The number of likely N-dealkylation sites (N-methyl/N-ethyl adjacent to an activating group) is 1. The Balaban J connectivity index is 1.80. The van der Waals surface area contributed by atoms with E-state index in [1.807, 2.05) is 42.5 Å². The molecule has 5 nitrogen and oxygen atoms in total. The Hall–Kier alpha value is -2.69. The number of fused-ring (bicyclic) bond motifs is 1. The molecule has 1 aliphatic heterocycles. The predicted octanol–water partition coefficient (Wildman–Crippen LogP) is 2.01. The van der Waals surface area contributed by atoms with Crippen LogP contribution in [0.25, 0.3) is 0 Å². The van der Waals surface area contributed by atoms with E-state index in [9.17, 15) is 9.59 Å². The third-order valence-electron chi connectivity index (χ3n) is 4.44. The second-order valence-corrected chi connectivity index (χ2v) is 6.15. The van der Waals surface area contributed by atoms with Crippen LogP contribution in [0.15, 0.2) is 48.7 Å². The van der Waals surface area contributed by atoms with Crippen molar-refractivity contribution in [3.63, 3.8) is 0 Å². The first-order valence-electron chi connectivity index (χ1n) is 8.05. The summed E-state index contributed by atoms with van der Waals surface area (Å²) in [6.07, 6.45) is 2.27. The number of carbonyl (C=O) groups is 2. The molecule has 0 unspecified atom stereocenters. The number of amides is 2. The van der Waals surface area contributed by atoms with Crippen LogP contribution in [0.3, 0.4) is 0 Å². The van der Waals surface area contributed by atoms with E-state index in [1.165, 1.54) is 6.92 Å². The van der Waals surface area contributed by atoms with Gasteiger partial charge in [0.1, 0.15) is 6.04 Å². The molecule has 0 N–H and O–H groups in total. The number of nitrogens with zero attached hydrogens (tertiary/aromatic N) is 3. The lowest BCUT2D eigenvalue weighted by Crippen LogP contribution is -2.52. The smallest absolute Gasteiger partial charge is 0.245 e. The third kappa shape index (κ3) is 3.30. The maximum atomic E-state index is 12.9. The molecule has 0 saturated heterocycles. The molecule has 0 radical (unpaired) electrons. The quantitative estimate of drug-likeness (QED) is 0.868. The minimum Gasteiger partial charge on any atom is -0.338 e. The number of aromatic nitrogens is 1. The number of hydrogen-bond acceptors (Lipinski definition) is 3. The average molecular weight is 323 g/mol. The van der Waals surface area contributed by atoms with Gasteiger partial charge in [-0.15, -0.1) is 0 Å². The number of carbonyl (C=O) groups excluding carboxylic acids is 2. The number of rotatable bonds is 3. The molecule has 2 aromatic rings. The van der Waals surface area contributed by atoms with E-state index in [4.69, 9.17) is 0 Å². The normalized spacial score (nSPS) is 16.4. The van der Waals surface area contributed by atoms with Gasteiger partial charge in [0.25, 0.3) is 0 Å². The first kappa shape index (κ1) is 16.2. The highest BCUT2D eigenvalue weighted by molar-refractivity contribution is 5.87. The van der Waals surface area contributed by atoms with Crippen LogP contribution in [0.2, 0.25) is 0 Å². The van der Waals surface area contributed by atoms with E-state index in [-0.39, 0.29) is 11.8 Å². The van der Waals surface area contributed by atoms with Gasteiger partial charge < -0.3 is 9.80 Å². The molecular formula is C19H21N3O2. The van der Waals surface area contributed by atoms with Crippen molar-refractivity contribution in [2.45, 2.75) is 32.5 Å². The highest BCUT2D eigenvalue weighted by Gasteiger charge is 2.34. The van der Waals surface area contributed by atoms with Crippen LogP contribution in [-0.4, -0.2) is 39.7 Å². The van der Waals surface area contributed by atoms with Gasteiger partial charge in [-0.1, -0.05) is 30.3 Å². The van der Waals surface area contributed by atoms with E-state index >= 15 is 0 Å². The van der Waals surface area contributed by atoms with Gasteiger partial charge in [0.05, 0.1) is 12.2 Å². The summed E-state index contributed by atoms with van der Waals surface area (Å²) in [5.41, 5.74) is 3.09. The van der Waals surface area contributed by atoms with Gasteiger partial charge in [0.15, 0.2) is 0 Å². The minimum atomic E-state index is -0.453. The number of benzene rings is 1. The fourth-order valence-electron chi connectivity index (χ4n) is 3.14. The molecule has 0 spiro atoms. The van der Waals surface area contributed by atoms with Crippen LogP contribution in [0.1, 0.15) is 23.7 Å². The predicted molar refractivity (Wildman–Crippen MR) is 90.9 cm³/mol. The molecule has 124 valence electrons. The summed E-state index contributed by atoms with van der Waals surface area (Å²) in [4.78, 5) is 32.6. The van der Waals surface area contributed by atoms with E-state index < -0.39 is 6.04 Å². The summed E-state index contributed by atoms with van der Waals surface area (Å²) < 4.78 is 0. The Bertz CT molecular complexity index is 745. The second-order valence-electron chi connectivity index (χ2n) is 6.15. The summed E-state index contributed by atoms with van der Waals surface area (Å²) in [6, 6.07) is 13.2. The molecule has 1 aromatic carbocycles. The van der Waals surface area contributed by atoms with Gasteiger partial charge in [-0.05, 0) is 23.3 Å². The topological polar surface area (TPSA) is 53.5 Å². The van der Waals surface area contributed by atoms with E-state index in [1.54, 1.807) is 23.0 Å². The van der Waals surface area contributed by atoms with Crippen LogP contribution < -0.4 is 0 Å². The highest BCUT2D eigenvalue weighted by Crippen LogP contribution is 2.24. The zero-order valence-electron chi connectivity index (χ0n) is 14.0. The van der Waals surface area contributed by atoms with Crippen LogP contribution in [0.5, 0.6) is 0 Å². The van der Waals surface area contributed by atoms with Crippen LogP contribution in [0, 0.1) is 0 Å². The Morgan fingerprint density at radius 1 is 1.17 bits per heavy atom. The Morgan fingerprint density at radius 2 is 1.88 bits per heavy atom. The highest BCUT2D eigenvalue weighted by atomic mass is 16.2. The maximum Gasteiger partial charge on any atom is 0.245 e. The summed E-state index contributed by atoms with van der Waals surface area (Å²) >= 11 is 0. The van der Waals surface area contributed by atoms with Crippen molar-refractivity contribution in [1.82, 2.24) is 14.8 Å². The number of hydrogen-bond donors (Lipinski definition) is 0. The second kappa shape index (κ2) is 6.83. The SMILES string of the molecule is CC(=O)N1Cc2ccccc2C[C@H]1C(=O)N(C)Cc1ccccn1. The molecule has 1 aromatic heterocycles. The van der Waals surface area contributed by atoms with Gasteiger partial charge in [0.2, 0.25) is 11.8 Å². The maximum absolute atomic E-state index is 12.9. The molecule has 1 aliphatic rings. The Labute approximate surface area is 141 Å². The standard InChI is InChI=1S/C19H21N3O2/c1-14(23)22-12-16-8-4-3-7-15(16)11-18(22)19(24)21(2)13-17-9-5-6-10-20-17/h3-10,18H,11-13H2,1-2H3/t18-/m0/s1. The fraction of sp³-hybridized carbons (Fsp3) is 0.316. The molecule has 0 bridgehead atoms. The zero-order chi connectivity index (χ0) is 17.1. The van der Waals surface area contributed by atoms with Crippen molar-refractivity contribution >= 4 is 11.8 Å². The lowest BCUT2D eigenvalue weighted by atomic mass is 9.93. The molecule has 2 amide bonds. The van der Waals surface area contributed by atoms with Gasteiger partial charge in [-0.25, -0.2) is 0 Å². The van der Waals surface area contributed by atoms with Crippen LogP contribution in [-0.2, 0) is 29.1 Å². The van der Waals surface area contributed by atoms with Gasteiger partial charge >= 0.3 is 0 Å². The van der Waals surface area contributed by atoms with Crippen molar-refractivity contribution in [2.75, 3.05) is 7.05 Å². The first-order valence-corrected chi connectivity index (χ1v) is 8.05. The van der Waals surface area contributed by atoms with Gasteiger partial charge in [-0.3, -0.25) is 14.6 Å². The lowest BCUT2D eigenvalue weighted by Gasteiger charge is -2.37. The molecule has 3 rings (SSSR count). The molecule has 0 saturated carbocycles. The molecule has 0 fully saturated rings. The van der Waals surface area contributed by atoms with Crippen molar-refractivity contribution in [3.05, 3.63) is 65.5 Å². The summed E-state index contributed by atoms with van der Waals surface area (Å²) in [5.74, 6) is -0.126. The van der Waals surface area contributed by atoms with Crippen LogP contribution >= 0.6 is 0 Å². The first-order chi connectivity index (χ1) is 11.6. The summed E-state index contributed by atoms with van der Waals surface area (Å²) in [6.45, 7) is 2.44. The monoisotopic (exact) mass is 323 g/mol. The van der Waals surface area contributed by atoms with Crippen molar-refractivity contribution in [3.8, 4) is 0 Å². The summed E-state index contributed by atoms with van der Waals surface area (Å²) in [5, 5.41) is 0. The largest absolute Gasteiger partial charge is 0.338 e. The molecule has 1 atom stereocenters. The van der Waals surface area contributed by atoms with Gasteiger partial charge in [0, 0.05) is 33.1 Å². The van der Waals surface area contributed by atoms with Gasteiger partial charge in [-0.2, -0.15) is 0 Å². The zero-order valence-corrected chi connectivity index (χ0v) is 14.0.